The van der Waals surface area contributed by atoms with E-state index in [2.05, 4.69) is 29.4 Å². The third-order valence-corrected chi connectivity index (χ3v) is 1.90. The van der Waals surface area contributed by atoms with Gasteiger partial charge in [0.1, 0.15) is 0 Å². The highest BCUT2D eigenvalue weighted by atomic mass is 32.1. The van der Waals surface area contributed by atoms with Gasteiger partial charge in [0.25, 0.3) is 0 Å². The predicted molar refractivity (Wildman–Crippen MR) is 45.6 cm³/mol. The summed E-state index contributed by atoms with van der Waals surface area (Å²) in [5.74, 6) is 0. The summed E-state index contributed by atoms with van der Waals surface area (Å²) in [6, 6.07) is 0.572. The van der Waals surface area contributed by atoms with Gasteiger partial charge < -0.3 is 10.6 Å². The van der Waals surface area contributed by atoms with E-state index in [4.69, 9.17) is 12.2 Å². The molecule has 4 heteroatoms. The molecule has 0 amide bonds. The lowest BCUT2D eigenvalue weighted by molar-refractivity contribution is 0.197. The SMILES string of the molecule is CC(C)N1CNC(=S)NC1. The van der Waals surface area contributed by atoms with Gasteiger partial charge in [-0.25, -0.2) is 0 Å². The van der Waals surface area contributed by atoms with E-state index in [9.17, 15) is 0 Å². The van der Waals surface area contributed by atoms with Gasteiger partial charge in [0.2, 0.25) is 0 Å². The molecule has 1 aliphatic rings. The molecule has 0 bridgehead atoms. The zero-order valence-electron chi connectivity index (χ0n) is 6.35. The lowest BCUT2D eigenvalue weighted by atomic mass is 10.3. The van der Waals surface area contributed by atoms with Crippen LogP contribution in [0.3, 0.4) is 0 Å². The quantitative estimate of drug-likeness (QED) is 0.530. The minimum atomic E-state index is 0.572. The second kappa shape index (κ2) is 3.16. The number of hydrogen-bond donors (Lipinski definition) is 2. The first kappa shape index (κ1) is 7.75. The number of nitrogens with zero attached hydrogens (tertiary/aromatic N) is 1. The summed E-state index contributed by atoms with van der Waals surface area (Å²) in [6.45, 7) is 6.06. The molecule has 1 rings (SSSR count). The zero-order valence-corrected chi connectivity index (χ0v) is 7.16. The molecule has 0 unspecified atom stereocenters. The van der Waals surface area contributed by atoms with E-state index in [1.807, 2.05) is 0 Å². The average molecular weight is 159 g/mol. The highest BCUT2D eigenvalue weighted by Crippen LogP contribution is 1.96. The van der Waals surface area contributed by atoms with Crippen molar-refractivity contribution >= 4 is 17.3 Å². The lowest BCUT2D eigenvalue weighted by Crippen LogP contribution is -2.55. The van der Waals surface area contributed by atoms with Crippen LogP contribution in [0, 0.1) is 0 Å². The maximum atomic E-state index is 4.90. The molecule has 0 aromatic carbocycles. The lowest BCUT2D eigenvalue weighted by Gasteiger charge is -2.32. The molecule has 1 heterocycles. The monoisotopic (exact) mass is 159 g/mol. The van der Waals surface area contributed by atoms with Crippen LogP contribution in [-0.2, 0) is 0 Å². The highest BCUT2D eigenvalue weighted by Gasteiger charge is 2.13. The van der Waals surface area contributed by atoms with Gasteiger partial charge in [0.05, 0.1) is 13.3 Å². The van der Waals surface area contributed by atoms with Gasteiger partial charge in [0.15, 0.2) is 5.11 Å². The predicted octanol–water partition coefficient (Wildman–Crippen LogP) is 0.0895. The van der Waals surface area contributed by atoms with Gasteiger partial charge >= 0.3 is 0 Å². The van der Waals surface area contributed by atoms with Gasteiger partial charge in [-0.05, 0) is 26.1 Å². The molecule has 1 fully saturated rings. The molecule has 58 valence electrons. The molecule has 0 saturated carbocycles. The van der Waals surface area contributed by atoms with Crippen LogP contribution in [0.2, 0.25) is 0 Å². The second-order valence-corrected chi connectivity index (χ2v) is 3.09. The smallest absolute Gasteiger partial charge is 0.168 e. The first-order chi connectivity index (χ1) is 4.70. The van der Waals surface area contributed by atoms with Gasteiger partial charge in [-0.15, -0.1) is 0 Å². The van der Waals surface area contributed by atoms with E-state index < -0.39 is 0 Å². The molecule has 0 spiro atoms. The third kappa shape index (κ3) is 1.82. The van der Waals surface area contributed by atoms with Crippen molar-refractivity contribution in [2.45, 2.75) is 19.9 Å². The molecule has 1 aliphatic heterocycles. The maximum Gasteiger partial charge on any atom is 0.168 e. The third-order valence-electron chi connectivity index (χ3n) is 1.62. The van der Waals surface area contributed by atoms with Gasteiger partial charge in [0, 0.05) is 6.04 Å². The number of thiocarbonyl (C=S) groups is 1. The molecule has 0 aromatic rings. The van der Waals surface area contributed by atoms with Crippen LogP contribution in [-0.4, -0.2) is 29.4 Å². The Balaban J connectivity index is 2.33. The highest BCUT2D eigenvalue weighted by molar-refractivity contribution is 7.80. The van der Waals surface area contributed by atoms with Gasteiger partial charge in [-0.1, -0.05) is 0 Å². The Hall–Kier alpha value is -0.350. The summed E-state index contributed by atoms with van der Waals surface area (Å²) >= 11 is 4.90. The largest absolute Gasteiger partial charge is 0.350 e. The van der Waals surface area contributed by atoms with Crippen molar-refractivity contribution in [2.75, 3.05) is 13.3 Å². The van der Waals surface area contributed by atoms with E-state index >= 15 is 0 Å². The topological polar surface area (TPSA) is 27.3 Å². The zero-order chi connectivity index (χ0) is 7.56. The Kier molecular flexibility index (Phi) is 2.45. The summed E-state index contributed by atoms with van der Waals surface area (Å²) < 4.78 is 0. The second-order valence-electron chi connectivity index (χ2n) is 2.68. The minimum absolute atomic E-state index is 0.572. The van der Waals surface area contributed by atoms with Gasteiger partial charge in [-0.2, -0.15) is 0 Å². The van der Waals surface area contributed by atoms with Gasteiger partial charge in [-0.3, -0.25) is 4.90 Å². The summed E-state index contributed by atoms with van der Waals surface area (Å²) in [6.07, 6.45) is 0. The van der Waals surface area contributed by atoms with Crippen LogP contribution in [0.4, 0.5) is 0 Å². The molecule has 2 N–H and O–H groups in total. The Morgan fingerprint density at radius 1 is 1.40 bits per heavy atom. The van der Waals surface area contributed by atoms with E-state index in [0.717, 1.165) is 18.4 Å². The van der Waals surface area contributed by atoms with Crippen molar-refractivity contribution in [3.8, 4) is 0 Å². The summed E-state index contributed by atoms with van der Waals surface area (Å²) in [4.78, 5) is 2.26. The fourth-order valence-electron chi connectivity index (χ4n) is 0.830. The Morgan fingerprint density at radius 3 is 2.30 bits per heavy atom. The Labute approximate surface area is 66.8 Å². The Bertz CT molecular complexity index is 125. The molecular weight excluding hydrogens is 146 g/mol. The fourth-order valence-corrected chi connectivity index (χ4v) is 0.959. The van der Waals surface area contributed by atoms with Crippen LogP contribution >= 0.6 is 12.2 Å². The molecule has 0 radical (unpaired) electrons. The Morgan fingerprint density at radius 2 is 1.90 bits per heavy atom. The average Bonchev–Trinajstić information content (AvgIpc) is 1.88. The fraction of sp³-hybridized carbons (Fsp3) is 0.833. The van der Waals surface area contributed by atoms with Crippen LogP contribution in [0.1, 0.15) is 13.8 Å². The van der Waals surface area contributed by atoms with E-state index in [1.54, 1.807) is 0 Å². The van der Waals surface area contributed by atoms with Crippen molar-refractivity contribution in [3.05, 3.63) is 0 Å². The molecule has 3 nitrogen and oxygen atoms in total. The maximum absolute atomic E-state index is 4.90. The normalized spacial score (nSPS) is 20.5. The standard InChI is InChI=1S/C6H13N3S/c1-5(2)9-3-7-6(10)8-4-9/h5H,3-4H2,1-2H3,(H2,7,8,10). The van der Waals surface area contributed by atoms with E-state index in [0.29, 0.717) is 6.04 Å². The number of rotatable bonds is 1. The summed E-state index contributed by atoms with van der Waals surface area (Å²) in [5, 5.41) is 6.88. The molecule has 0 aliphatic carbocycles. The summed E-state index contributed by atoms with van der Waals surface area (Å²) in [7, 11) is 0. The molecule has 1 saturated heterocycles. The van der Waals surface area contributed by atoms with Crippen LogP contribution in [0.15, 0.2) is 0 Å². The van der Waals surface area contributed by atoms with E-state index in [-0.39, 0.29) is 0 Å². The van der Waals surface area contributed by atoms with E-state index in [1.165, 1.54) is 0 Å². The molecule has 0 aromatic heterocycles. The van der Waals surface area contributed by atoms with Crippen molar-refractivity contribution in [3.63, 3.8) is 0 Å². The van der Waals surface area contributed by atoms with Crippen molar-refractivity contribution in [2.24, 2.45) is 0 Å². The molecule has 10 heavy (non-hydrogen) atoms. The first-order valence-electron chi connectivity index (χ1n) is 3.46. The molecular formula is C6H13N3S. The number of nitrogens with one attached hydrogen (secondary N) is 2. The first-order valence-corrected chi connectivity index (χ1v) is 3.86. The van der Waals surface area contributed by atoms with Crippen LogP contribution < -0.4 is 10.6 Å². The number of hydrogen-bond acceptors (Lipinski definition) is 2. The van der Waals surface area contributed by atoms with Crippen molar-refractivity contribution < 1.29 is 0 Å². The molecule has 0 atom stereocenters. The van der Waals surface area contributed by atoms with Crippen molar-refractivity contribution in [1.82, 2.24) is 15.5 Å². The van der Waals surface area contributed by atoms with Crippen LogP contribution in [0.5, 0.6) is 0 Å². The van der Waals surface area contributed by atoms with Crippen molar-refractivity contribution in [1.29, 1.82) is 0 Å². The minimum Gasteiger partial charge on any atom is -0.350 e. The summed E-state index contributed by atoms with van der Waals surface area (Å²) in [5.41, 5.74) is 0. The van der Waals surface area contributed by atoms with Crippen LogP contribution in [0.25, 0.3) is 0 Å².